The molecule has 0 aliphatic carbocycles. The fourth-order valence-corrected chi connectivity index (χ4v) is 3.37. The molecule has 8 heteroatoms. The van der Waals surface area contributed by atoms with Crippen LogP contribution in [0.25, 0.3) is 11.0 Å². The summed E-state index contributed by atoms with van der Waals surface area (Å²) < 4.78 is 0. The summed E-state index contributed by atoms with van der Waals surface area (Å²) in [5.41, 5.74) is 13.1. The molecule has 2 heterocycles. The van der Waals surface area contributed by atoms with E-state index in [2.05, 4.69) is 15.3 Å². The molecule has 1 aromatic heterocycles. The Morgan fingerprint density at radius 2 is 2.19 bits per heavy atom. The van der Waals surface area contributed by atoms with E-state index in [1.54, 1.807) is 11.8 Å². The number of carbonyl (C=O) groups is 2. The first kappa shape index (κ1) is 18.3. The van der Waals surface area contributed by atoms with Crippen LogP contribution < -0.4 is 16.8 Å². The number of nitrogens with one attached hydrogen (secondary N) is 2. The number of rotatable bonds is 6. The predicted octanol–water partition coefficient (Wildman–Crippen LogP) is 0.407. The monoisotopic (exact) mass is 358 g/mol. The fourth-order valence-electron chi connectivity index (χ4n) is 3.37. The van der Waals surface area contributed by atoms with Crippen molar-refractivity contribution in [2.75, 3.05) is 13.1 Å². The highest BCUT2D eigenvalue weighted by Crippen LogP contribution is 2.32. The molecular weight excluding hydrogens is 332 g/mol. The number of likely N-dealkylation sites (tertiary alicyclic amines) is 1. The number of imidazole rings is 1. The second-order valence-electron chi connectivity index (χ2n) is 6.76. The molecule has 3 rings (SSSR count). The van der Waals surface area contributed by atoms with Gasteiger partial charge < -0.3 is 26.7 Å². The number of carbonyl (C=O) groups excluding carboxylic acids is 2. The van der Waals surface area contributed by atoms with Crippen molar-refractivity contribution < 1.29 is 9.59 Å². The van der Waals surface area contributed by atoms with E-state index >= 15 is 0 Å². The summed E-state index contributed by atoms with van der Waals surface area (Å²) >= 11 is 0. The third kappa shape index (κ3) is 3.71. The highest BCUT2D eigenvalue weighted by Gasteiger charge is 2.36. The van der Waals surface area contributed by atoms with Gasteiger partial charge in [-0.05, 0) is 44.9 Å². The van der Waals surface area contributed by atoms with E-state index < -0.39 is 12.1 Å². The van der Waals surface area contributed by atoms with Crippen LogP contribution in [0.2, 0.25) is 0 Å². The van der Waals surface area contributed by atoms with Crippen LogP contribution in [0.5, 0.6) is 0 Å². The molecule has 140 valence electrons. The van der Waals surface area contributed by atoms with Crippen molar-refractivity contribution in [3.8, 4) is 0 Å². The second kappa shape index (κ2) is 7.84. The van der Waals surface area contributed by atoms with Gasteiger partial charge >= 0.3 is 0 Å². The maximum absolute atomic E-state index is 13.1. The van der Waals surface area contributed by atoms with Crippen LogP contribution in [-0.2, 0) is 9.59 Å². The minimum absolute atomic E-state index is 0.123. The summed E-state index contributed by atoms with van der Waals surface area (Å²) in [6.07, 6.45) is 2.10. The molecule has 8 nitrogen and oxygen atoms in total. The van der Waals surface area contributed by atoms with Gasteiger partial charge in [0.15, 0.2) is 0 Å². The number of para-hydroxylation sites is 2. The zero-order valence-corrected chi connectivity index (χ0v) is 14.9. The van der Waals surface area contributed by atoms with Gasteiger partial charge in [-0.2, -0.15) is 0 Å². The number of hydrogen-bond donors (Lipinski definition) is 4. The molecule has 0 spiro atoms. The smallest absolute Gasteiger partial charge is 0.245 e. The zero-order valence-electron chi connectivity index (χ0n) is 14.9. The molecule has 2 amide bonds. The number of hydrogen-bond acceptors (Lipinski definition) is 5. The van der Waals surface area contributed by atoms with Crippen molar-refractivity contribution in [3.05, 3.63) is 30.1 Å². The Kier molecular flexibility index (Phi) is 5.53. The lowest BCUT2D eigenvalue weighted by Crippen LogP contribution is -2.52. The summed E-state index contributed by atoms with van der Waals surface area (Å²) in [5, 5.41) is 2.73. The van der Waals surface area contributed by atoms with Gasteiger partial charge in [0.25, 0.3) is 0 Å². The van der Waals surface area contributed by atoms with Gasteiger partial charge in [0.05, 0.1) is 23.1 Å². The average molecular weight is 358 g/mol. The number of amides is 2. The van der Waals surface area contributed by atoms with Gasteiger partial charge in [0.1, 0.15) is 11.9 Å². The van der Waals surface area contributed by atoms with E-state index in [9.17, 15) is 9.59 Å². The Labute approximate surface area is 152 Å². The molecule has 1 aliphatic heterocycles. The first-order chi connectivity index (χ1) is 12.5. The lowest BCUT2D eigenvalue weighted by Gasteiger charge is -2.28. The Balaban J connectivity index is 1.80. The fraction of sp³-hybridized carbons (Fsp3) is 0.500. The highest BCUT2D eigenvalue weighted by molar-refractivity contribution is 5.90. The average Bonchev–Trinajstić information content (AvgIpc) is 3.26. The number of benzene rings is 1. The third-order valence-electron chi connectivity index (χ3n) is 4.74. The minimum atomic E-state index is -0.673. The molecule has 1 aliphatic rings. The van der Waals surface area contributed by atoms with Crippen LogP contribution in [0, 0.1) is 0 Å². The molecule has 0 saturated carbocycles. The molecule has 0 bridgehead atoms. The standard InChI is InChI=1S/C18H26N6O2/c1-11(20)17(25)23-14(8-9-19)18(26)24-10-4-7-15(24)16-21-12-5-2-3-6-13(12)22-16/h2-3,5-6,11,14-15H,4,7-10,19-20H2,1H3,(H,21,22)(H,23,25)/t11-,14?,15?/m0/s1. The Morgan fingerprint density at radius 3 is 2.88 bits per heavy atom. The van der Waals surface area contributed by atoms with Crippen LogP contribution in [0.1, 0.15) is 38.1 Å². The third-order valence-corrected chi connectivity index (χ3v) is 4.74. The van der Waals surface area contributed by atoms with Crippen molar-refractivity contribution >= 4 is 22.8 Å². The van der Waals surface area contributed by atoms with Gasteiger partial charge in [-0.25, -0.2) is 4.98 Å². The van der Waals surface area contributed by atoms with Gasteiger partial charge in [0.2, 0.25) is 11.8 Å². The number of nitrogens with two attached hydrogens (primary N) is 2. The van der Waals surface area contributed by atoms with Crippen molar-refractivity contribution in [2.45, 2.75) is 44.3 Å². The number of nitrogens with zero attached hydrogens (tertiary/aromatic N) is 2. The Morgan fingerprint density at radius 1 is 1.42 bits per heavy atom. The van der Waals surface area contributed by atoms with Gasteiger partial charge in [-0.15, -0.1) is 0 Å². The van der Waals surface area contributed by atoms with E-state index in [-0.39, 0.29) is 17.9 Å². The van der Waals surface area contributed by atoms with E-state index in [0.717, 1.165) is 29.7 Å². The van der Waals surface area contributed by atoms with Crippen molar-refractivity contribution in [1.82, 2.24) is 20.2 Å². The molecule has 1 aromatic carbocycles. The maximum Gasteiger partial charge on any atom is 0.245 e. The van der Waals surface area contributed by atoms with E-state index in [1.165, 1.54) is 0 Å². The highest BCUT2D eigenvalue weighted by atomic mass is 16.2. The van der Waals surface area contributed by atoms with Crippen LogP contribution >= 0.6 is 0 Å². The summed E-state index contributed by atoms with van der Waals surface area (Å²) in [6, 6.07) is 6.33. The SMILES string of the molecule is C[C@H](N)C(=O)NC(CCN)C(=O)N1CCCC1c1nc2ccccc2[nH]1. The Bertz CT molecular complexity index is 754. The summed E-state index contributed by atoms with van der Waals surface area (Å²) in [4.78, 5) is 34.8. The molecule has 0 radical (unpaired) electrons. The second-order valence-corrected chi connectivity index (χ2v) is 6.76. The normalized spacial score (nSPS) is 19.5. The van der Waals surface area contributed by atoms with Gasteiger partial charge in [-0.1, -0.05) is 12.1 Å². The zero-order chi connectivity index (χ0) is 18.7. The number of fused-ring (bicyclic) bond motifs is 1. The lowest BCUT2D eigenvalue weighted by atomic mass is 10.1. The van der Waals surface area contributed by atoms with Gasteiger partial charge in [0, 0.05) is 6.54 Å². The molecule has 3 atom stereocenters. The molecule has 6 N–H and O–H groups in total. The topological polar surface area (TPSA) is 130 Å². The first-order valence-corrected chi connectivity index (χ1v) is 9.02. The minimum Gasteiger partial charge on any atom is -0.343 e. The van der Waals surface area contributed by atoms with Crippen molar-refractivity contribution in [1.29, 1.82) is 0 Å². The summed E-state index contributed by atoms with van der Waals surface area (Å²) in [6.45, 7) is 2.53. The van der Waals surface area contributed by atoms with Crippen LogP contribution in [0.3, 0.4) is 0 Å². The quantitative estimate of drug-likeness (QED) is 0.594. The van der Waals surface area contributed by atoms with Crippen molar-refractivity contribution in [2.24, 2.45) is 11.5 Å². The Hall–Kier alpha value is -2.45. The largest absolute Gasteiger partial charge is 0.343 e. The number of aromatic nitrogens is 2. The molecule has 1 saturated heterocycles. The molecule has 1 fully saturated rings. The van der Waals surface area contributed by atoms with E-state index in [4.69, 9.17) is 11.5 Å². The van der Waals surface area contributed by atoms with Crippen LogP contribution in [-0.4, -0.2) is 51.9 Å². The maximum atomic E-state index is 13.1. The predicted molar refractivity (Wildman–Crippen MR) is 99.0 cm³/mol. The van der Waals surface area contributed by atoms with Crippen LogP contribution in [0.15, 0.2) is 24.3 Å². The molecule has 26 heavy (non-hydrogen) atoms. The lowest BCUT2D eigenvalue weighted by molar-refractivity contribution is -0.137. The number of H-pyrrole nitrogens is 1. The molecule has 2 unspecified atom stereocenters. The van der Waals surface area contributed by atoms with E-state index in [1.807, 2.05) is 24.3 Å². The van der Waals surface area contributed by atoms with E-state index in [0.29, 0.717) is 19.5 Å². The molecular formula is C18H26N6O2. The molecule has 2 aromatic rings. The van der Waals surface area contributed by atoms with Crippen LogP contribution in [0.4, 0.5) is 0 Å². The van der Waals surface area contributed by atoms with Crippen molar-refractivity contribution in [3.63, 3.8) is 0 Å². The first-order valence-electron chi connectivity index (χ1n) is 9.02. The number of aromatic amines is 1. The summed E-state index contributed by atoms with van der Waals surface area (Å²) in [7, 11) is 0. The van der Waals surface area contributed by atoms with Gasteiger partial charge in [-0.3, -0.25) is 9.59 Å². The summed E-state index contributed by atoms with van der Waals surface area (Å²) in [5.74, 6) is 0.297.